The minimum Gasteiger partial charge on any atom is -0.489 e. The number of oxime groups is 1. The Morgan fingerprint density at radius 1 is 1.20 bits per heavy atom. The van der Waals surface area contributed by atoms with E-state index in [1.54, 1.807) is 42.6 Å². The number of aromatic nitrogens is 1. The van der Waals surface area contributed by atoms with Crippen LogP contribution in [0.2, 0.25) is 0 Å². The molecule has 0 fully saturated rings. The summed E-state index contributed by atoms with van der Waals surface area (Å²) in [6.07, 6.45) is 1.57. The quantitative estimate of drug-likeness (QED) is 0.329. The van der Waals surface area contributed by atoms with Crippen LogP contribution < -0.4 is 10.5 Å². The van der Waals surface area contributed by atoms with Crippen LogP contribution in [0.5, 0.6) is 5.75 Å². The van der Waals surface area contributed by atoms with Gasteiger partial charge in [-0.3, -0.25) is 4.98 Å². The summed E-state index contributed by atoms with van der Waals surface area (Å²) in [5, 5.41) is 20.5. The van der Waals surface area contributed by atoms with E-state index < -0.39 is 0 Å². The van der Waals surface area contributed by atoms with Crippen LogP contribution in [0.3, 0.4) is 0 Å². The van der Waals surface area contributed by atoms with Crippen LogP contribution in [0.25, 0.3) is 0 Å². The lowest BCUT2D eigenvalue weighted by molar-refractivity contribution is 0.280. The van der Waals surface area contributed by atoms with Gasteiger partial charge in [-0.05, 0) is 35.4 Å². The molecule has 6 nitrogen and oxygen atoms in total. The Morgan fingerprint density at radius 2 is 1.95 bits per heavy atom. The van der Waals surface area contributed by atoms with Crippen molar-refractivity contribution in [1.82, 2.24) is 4.98 Å². The lowest BCUT2D eigenvalue weighted by Gasteiger charge is -2.07. The SMILES string of the molecule is NC(=NO)c1cc(COc2ccc(CO)cc2)ccn1. The highest BCUT2D eigenvalue weighted by Gasteiger charge is 2.03. The number of pyridine rings is 1. The molecular weight excluding hydrogens is 258 g/mol. The molecule has 0 aliphatic rings. The number of rotatable bonds is 5. The molecule has 4 N–H and O–H groups in total. The molecule has 0 saturated carbocycles. The molecule has 20 heavy (non-hydrogen) atoms. The zero-order valence-electron chi connectivity index (χ0n) is 10.7. The molecule has 2 aromatic rings. The molecule has 0 bridgehead atoms. The molecule has 0 atom stereocenters. The highest BCUT2D eigenvalue weighted by molar-refractivity contribution is 5.95. The predicted octanol–water partition coefficient (Wildman–Crippen LogP) is 1.25. The van der Waals surface area contributed by atoms with E-state index in [1.165, 1.54) is 0 Å². The van der Waals surface area contributed by atoms with Crippen molar-refractivity contribution in [3.8, 4) is 5.75 Å². The number of hydrogen-bond acceptors (Lipinski definition) is 5. The van der Waals surface area contributed by atoms with Crippen LogP contribution in [0.1, 0.15) is 16.8 Å². The van der Waals surface area contributed by atoms with Gasteiger partial charge >= 0.3 is 0 Å². The van der Waals surface area contributed by atoms with Gasteiger partial charge in [0.2, 0.25) is 0 Å². The lowest BCUT2D eigenvalue weighted by Crippen LogP contribution is -2.15. The second-order valence-corrected chi connectivity index (χ2v) is 4.13. The third kappa shape index (κ3) is 3.46. The van der Waals surface area contributed by atoms with Crippen molar-refractivity contribution >= 4 is 5.84 Å². The maximum Gasteiger partial charge on any atom is 0.188 e. The number of amidine groups is 1. The Bertz CT molecular complexity index is 597. The van der Waals surface area contributed by atoms with Crippen LogP contribution in [-0.4, -0.2) is 21.1 Å². The van der Waals surface area contributed by atoms with Crippen molar-refractivity contribution < 1.29 is 15.1 Å². The number of nitrogens with zero attached hydrogens (tertiary/aromatic N) is 2. The van der Waals surface area contributed by atoms with Crippen LogP contribution in [0, 0.1) is 0 Å². The van der Waals surface area contributed by atoms with Gasteiger partial charge in [-0.1, -0.05) is 17.3 Å². The highest BCUT2D eigenvalue weighted by atomic mass is 16.5. The molecule has 0 amide bonds. The maximum atomic E-state index is 8.95. The summed E-state index contributed by atoms with van der Waals surface area (Å²) in [7, 11) is 0. The molecule has 6 heteroatoms. The van der Waals surface area contributed by atoms with Crippen molar-refractivity contribution in [3.05, 3.63) is 59.4 Å². The van der Waals surface area contributed by atoms with Crippen LogP contribution in [0.15, 0.2) is 47.8 Å². The molecule has 1 heterocycles. The zero-order chi connectivity index (χ0) is 14.4. The Balaban J connectivity index is 2.03. The number of hydrogen-bond donors (Lipinski definition) is 3. The van der Waals surface area contributed by atoms with Gasteiger partial charge in [-0.2, -0.15) is 0 Å². The summed E-state index contributed by atoms with van der Waals surface area (Å²) in [6, 6.07) is 10.6. The largest absolute Gasteiger partial charge is 0.489 e. The molecule has 1 aromatic heterocycles. The molecular formula is C14H15N3O3. The second kappa shape index (κ2) is 6.53. The van der Waals surface area contributed by atoms with Crippen molar-refractivity contribution in [3.63, 3.8) is 0 Å². The molecule has 0 unspecified atom stereocenters. The number of benzene rings is 1. The summed E-state index contributed by atoms with van der Waals surface area (Å²) >= 11 is 0. The first kappa shape index (κ1) is 13.8. The minimum atomic E-state index is -0.0425. The summed E-state index contributed by atoms with van der Waals surface area (Å²) < 4.78 is 5.61. The van der Waals surface area contributed by atoms with E-state index >= 15 is 0 Å². The average Bonchev–Trinajstić information content (AvgIpc) is 2.53. The fourth-order valence-electron chi connectivity index (χ4n) is 1.61. The van der Waals surface area contributed by atoms with E-state index in [1.807, 2.05) is 0 Å². The van der Waals surface area contributed by atoms with Crippen molar-refractivity contribution in [1.29, 1.82) is 0 Å². The highest BCUT2D eigenvalue weighted by Crippen LogP contribution is 2.14. The first-order valence-corrected chi connectivity index (χ1v) is 5.98. The summed E-state index contributed by atoms with van der Waals surface area (Å²) in [6.45, 7) is 0.348. The Labute approximate surface area is 116 Å². The van der Waals surface area contributed by atoms with Gasteiger partial charge in [0.05, 0.1) is 6.61 Å². The molecule has 0 spiro atoms. The molecule has 104 valence electrons. The first-order chi connectivity index (χ1) is 9.72. The Morgan fingerprint density at radius 3 is 2.60 bits per heavy atom. The fourth-order valence-corrected chi connectivity index (χ4v) is 1.61. The second-order valence-electron chi connectivity index (χ2n) is 4.13. The Hall–Kier alpha value is -2.60. The van der Waals surface area contributed by atoms with Crippen molar-refractivity contribution in [2.75, 3.05) is 0 Å². The van der Waals surface area contributed by atoms with E-state index in [9.17, 15) is 0 Å². The zero-order valence-corrected chi connectivity index (χ0v) is 10.7. The van der Waals surface area contributed by atoms with E-state index in [0.717, 1.165) is 11.1 Å². The minimum absolute atomic E-state index is 0.00770. The predicted molar refractivity (Wildman–Crippen MR) is 73.4 cm³/mol. The monoisotopic (exact) mass is 273 g/mol. The molecule has 0 aliphatic heterocycles. The maximum absolute atomic E-state index is 8.95. The van der Waals surface area contributed by atoms with E-state index in [0.29, 0.717) is 18.1 Å². The summed E-state index contributed by atoms with van der Waals surface area (Å²) in [5.74, 6) is 0.656. The van der Waals surface area contributed by atoms with Crippen LogP contribution in [-0.2, 0) is 13.2 Å². The summed E-state index contributed by atoms with van der Waals surface area (Å²) in [5.41, 5.74) is 7.55. The van der Waals surface area contributed by atoms with Gasteiger partial charge in [0.15, 0.2) is 5.84 Å². The molecule has 0 aliphatic carbocycles. The molecule has 0 saturated heterocycles. The fraction of sp³-hybridized carbons (Fsp3) is 0.143. The van der Waals surface area contributed by atoms with Gasteiger partial charge in [0, 0.05) is 6.20 Å². The number of aliphatic hydroxyl groups is 1. The van der Waals surface area contributed by atoms with Crippen LogP contribution >= 0.6 is 0 Å². The molecule has 1 aromatic carbocycles. The van der Waals surface area contributed by atoms with Crippen molar-refractivity contribution in [2.45, 2.75) is 13.2 Å². The van der Waals surface area contributed by atoms with Gasteiger partial charge in [-0.15, -0.1) is 0 Å². The normalized spacial score (nSPS) is 11.3. The third-order valence-corrected chi connectivity index (χ3v) is 2.71. The first-order valence-electron chi connectivity index (χ1n) is 5.98. The van der Waals surface area contributed by atoms with E-state index in [2.05, 4.69) is 10.1 Å². The average molecular weight is 273 g/mol. The topological polar surface area (TPSA) is 101 Å². The molecule has 0 radical (unpaired) electrons. The van der Waals surface area contributed by atoms with E-state index in [4.69, 9.17) is 20.8 Å². The standard InChI is InChI=1S/C14H15N3O3/c15-14(17-19)13-7-11(5-6-16-13)9-20-12-3-1-10(8-18)2-4-12/h1-7,18-19H,8-9H2,(H2,15,17). The summed E-state index contributed by atoms with van der Waals surface area (Å²) in [4.78, 5) is 3.99. The lowest BCUT2D eigenvalue weighted by atomic mass is 10.2. The van der Waals surface area contributed by atoms with E-state index in [-0.39, 0.29) is 12.4 Å². The Kier molecular flexibility index (Phi) is 4.52. The molecule has 2 rings (SSSR count). The van der Waals surface area contributed by atoms with Crippen LogP contribution in [0.4, 0.5) is 0 Å². The number of aliphatic hydroxyl groups excluding tert-OH is 1. The number of nitrogens with two attached hydrogens (primary N) is 1. The third-order valence-electron chi connectivity index (χ3n) is 2.71. The van der Waals surface area contributed by atoms with Gasteiger partial charge in [0.25, 0.3) is 0 Å². The number of ether oxygens (including phenoxy) is 1. The van der Waals surface area contributed by atoms with Gasteiger partial charge < -0.3 is 20.8 Å². The van der Waals surface area contributed by atoms with Gasteiger partial charge in [0.1, 0.15) is 18.1 Å². The smallest absolute Gasteiger partial charge is 0.188 e. The van der Waals surface area contributed by atoms with Gasteiger partial charge in [-0.25, -0.2) is 0 Å². The van der Waals surface area contributed by atoms with Crippen molar-refractivity contribution in [2.24, 2.45) is 10.9 Å².